The summed E-state index contributed by atoms with van der Waals surface area (Å²) in [5.74, 6) is -0.155. The third kappa shape index (κ3) is 3.39. The number of sulfonamides is 1. The molecule has 12 heteroatoms. The van der Waals surface area contributed by atoms with Gasteiger partial charge in [-0.2, -0.15) is 8.78 Å². The van der Waals surface area contributed by atoms with Crippen LogP contribution in [0, 0.1) is 0 Å². The molecule has 2 aromatic heterocycles. The number of nitrogens with zero attached hydrogens (tertiary/aromatic N) is 2. The second-order valence-electron chi connectivity index (χ2n) is 6.56. The Labute approximate surface area is 167 Å². The van der Waals surface area contributed by atoms with Gasteiger partial charge in [0, 0.05) is 0 Å². The van der Waals surface area contributed by atoms with Gasteiger partial charge in [-0.1, -0.05) is 12.1 Å². The SMILES string of the molecule is C[C@@H](NS(=O)(=O)c1ccc2[nH]c(=O)[nH]c(=O)c2c1)c1nc2ccccc2n1C(F)F. The van der Waals surface area contributed by atoms with Gasteiger partial charge in [-0.15, -0.1) is 0 Å². The molecule has 3 N–H and O–H groups in total. The molecule has 0 amide bonds. The number of hydrogen-bond donors (Lipinski definition) is 3. The van der Waals surface area contributed by atoms with Crippen molar-refractivity contribution >= 4 is 32.0 Å². The molecule has 0 unspecified atom stereocenters. The van der Waals surface area contributed by atoms with Gasteiger partial charge in [0.25, 0.3) is 5.56 Å². The smallest absolute Gasteiger partial charge is 0.307 e. The summed E-state index contributed by atoms with van der Waals surface area (Å²) in [6.07, 6.45) is 0. The molecule has 0 radical (unpaired) electrons. The first-order valence-electron chi connectivity index (χ1n) is 8.71. The standard InChI is InChI=1S/C18H15F2N5O4S/c1-9(15-21-13-4-2-3-5-14(13)25(15)17(19)20)24-30(28,29)10-6-7-12-11(8-10)16(26)23-18(27)22-12/h2-9,17,24H,1H3,(H2,22,23,26,27)/t9-/m1/s1. The van der Waals surface area contributed by atoms with Crippen molar-refractivity contribution in [2.45, 2.75) is 24.4 Å². The van der Waals surface area contributed by atoms with Crippen LogP contribution in [-0.4, -0.2) is 27.9 Å². The van der Waals surface area contributed by atoms with Crippen LogP contribution in [0.1, 0.15) is 25.3 Å². The molecule has 2 heterocycles. The van der Waals surface area contributed by atoms with E-state index in [9.17, 15) is 26.8 Å². The van der Waals surface area contributed by atoms with Crippen molar-refractivity contribution in [3.8, 4) is 0 Å². The Bertz CT molecular complexity index is 1490. The molecule has 156 valence electrons. The van der Waals surface area contributed by atoms with Crippen molar-refractivity contribution in [3.05, 3.63) is 69.1 Å². The van der Waals surface area contributed by atoms with E-state index in [4.69, 9.17) is 0 Å². The van der Waals surface area contributed by atoms with Gasteiger partial charge < -0.3 is 4.98 Å². The first-order valence-corrected chi connectivity index (χ1v) is 10.2. The Morgan fingerprint density at radius 1 is 1.10 bits per heavy atom. The Morgan fingerprint density at radius 3 is 2.57 bits per heavy atom. The van der Waals surface area contributed by atoms with Gasteiger partial charge in [0.15, 0.2) is 0 Å². The minimum absolute atomic E-state index is 0.0371. The predicted octanol–water partition coefficient (Wildman–Crippen LogP) is 2.00. The minimum atomic E-state index is -4.20. The molecule has 0 aliphatic rings. The molecule has 1 atom stereocenters. The molecule has 0 aliphatic carbocycles. The molecule has 0 saturated heterocycles. The van der Waals surface area contributed by atoms with E-state index >= 15 is 0 Å². The zero-order valence-corrected chi connectivity index (χ0v) is 16.2. The van der Waals surface area contributed by atoms with Crippen LogP contribution in [0.25, 0.3) is 21.9 Å². The fourth-order valence-corrected chi connectivity index (χ4v) is 4.47. The molecule has 2 aromatic carbocycles. The first-order chi connectivity index (χ1) is 14.2. The normalized spacial score (nSPS) is 13.3. The average molecular weight is 435 g/mol. The highest BCUT2D eigenvalue weighted by Crippen LogP contribution is 2.27. The van der Waals surface area contributed by atoms with E-state index < -0.39 is 33.9 Å². The fourth-order valence-electron chi connectivity index (χ4n) is 3.24. The van der Waals surface area contributed by atoms with E-state index in [2.05, 4.69) is 14.7 Å². The largest absolute Gasteiger partial charge is 0.326 e. The van der Waals surface area contributed by atoms with E-state index in [1.165, 1.54) is 25.1 Å². The maximum Gasteiger partial charge on any atom is 0.326 e. The van der Waals surface area contributed by atoms with Crippen LogP contribution < -0.4 is 16.0 Å². The number of fused-ring (bicyclic) bond motifs is 2. The lowest BCUT2D eigenvalue weighted by Crippen LogP contribution is -2.29. The fraction of sp³-hybridized carbons (Fsp3) is 0.167. The number of imidazole rings is 1. The van der Waals surface area contributed by atoms with E-state index in [1.807, 2.05) is 4.98 Å². The second-order valence-corrected chi connectivity index (χ2v) is 8.28. The van der Waals surface area contributed by atoms with Gasteiger partial charge in [0.2, 0.25) is 10.0 Å². The van der Waals surface area contributed by atoms with E-state index in [-0.39, 0.29) is 27.1 Å². The molecule has 0 bridgehead atoms. The maximum absolute atomic E-state index is 13.6. The van der Waals surface area contributed by atoms with Gasteiger partial charge >= 0.3 is 12.2 Å². The van der Waals surface area contributed by atoms with Crippen LogP contribution in [0.15, 0.2) is 56.9 Å². The van der Waals surface area contributed by atoms with E-state index in [0.29, 0.717) is 10.1 Å². The lowest BCUT2D eigenvalue weighted by Gasteiger charge is -2.16. The second kappa shape index (κ2) is 7.15. The van der Waals surface area contributed by atoms with Crippen molar-refractivity contribution in [2.24, 2.45) is 0 Å². The molecular formula is C18H15F2N5O4S. The number of aromatic nitrogens is 4. The zero-order chi connectivity index (χ0) is 21.6. The highest BCUT2D eigenvalue weighted by Gasteiger charge is 2.26. The summed E-state index contributed by atoms with van der Waals surface area (Å²) >= 11 is 0. The summed E-state index contributed by atoms with van der Waals surface area (Å²) in [5, 5.41) is -0.0371. The van der Waals surface area contributed by atoms with Crippen molar-refractivity contribution in [3.63, 3.8) is 0 Å². The topological polar surface area (TPSA) is 130 Å². The summed E-state index contributed by atoms with van der Waals surface area (Å²) in [7, 11) is -4.20. The number of para-hydroxylation sites is 2. The summed E-state index contributed by atoms with van der Waals surface area (Å²) in [4.78, 5) is 31.6. The van der Waals surface area contributed by atoms with Gasteiger partial charge in [0.05, 0.1) is 32.9 Å². The summed E-state index contributed by atoms with van der Waals surface area (Å²) < 4.78 is 55.9. The Hall–Kier alpha value is -3.38. The molecule has 30 heavy (non-hydrogen) atoms. The van der Waals surface area contributed by atoms with Crippen molar-refractivity contribution in [1.29, 1.82) is 0 Å². The molecule has 0 spiro atoms. The molecule has 9 nitrogen and oxygen atoms in total. The number of halogens is 2. The summed E-state index contributed by atoms with van der Waals surface area (Å²) in [6.45, 7) is -1.53. The molecule has 0 fully saturated rings. The van der Waals surface area contributed by atoms with Gasteiger partial charge in [-0.05, 0) is 37.3 Å². The molecule has 0 aliphatic heterocycles. The number of aromatic amines is 2. The highest BCUT2D eigenvalue weighted by molar-refractivity contribution is 7.89. The predicted molar refractivity (Wildman–Crippen MR) is 105 cm³/mol. The van der Waals surface area contributed by atoms with Gasteiger partial charge in [-0.25, -0.2) is 22.9 Å². The van der Waals surface area contributed by atoms with Crippen LogP contribution in [0.4, 0.5) is 8.78 Å². The highest BCUT2D eigenvalue weighted by atomic mass is 32.2. The molecule has 4 rings (SSSR count). The Morgan fingerprint density at radius 2 is 1.83 bits per heavy atom. The lowest BCUT2D eigenvalue weighted by atomic mass is 10.2. The van der Waals surface area contributed by atoms with Crippen molar-refractivity contribution in [1.82, 2.24) is 24.2 Å². The molecule has 4 aromatic rings. The van der Waals surface area contributed by atoms with E-state index in [0.717, 1.165) is 6.07 Å². The molecule has 0 saturated carbocycles. The third-order valence-electron chi connectivity index (χ3n) is 4.56. The lowest BCUT2D eigenvalue weighted by molar-refractivity contribution is 0.0702. The maximum atomic E-state index is 13.6. The zero-order valence-electron chi connectivity index (χ0n) is 15.4. The number of rotatable bonds is 5. The third-order valence-corrected chi connectivity index (χ3v) is 6.10. The Balaban J connectivity index is 1.74. The van der Waals surface area contributed by atoms with Crippen molar-refractivity contribution < 1.29 is 17.2 Å². The monoisotopic (exact) mass is 435 g/mol. The minimum Gasteiger partial charge on any atom is -0.307 e. The first kappa shape index (κ1) is 19.9. The van der Waals surface area contributed by atoms with E-state index in [1.54, 1.807) is 18.2 Å². The van der Waals surface area contributed by atoms with Crippen LogP contribution in [0.5, 0.6) is 0 Å². The quantitative estimate of drug-likeness (QED) is 0.442. The van der Waals surface area contributed by atoms with Crippen LogP contribution in [0.3, 0.4) is 0 Å². The summed E-state index contributed by atoms with van der Waals surface area (Å²) in [6, 6.07) is 8.71. The molecular weight excluding hydrogens is 420 g/mol. The van der Waals surface area contributed by atoms with Gasteiger partial charge in [-0.3, -0.25) is 14.3 Å². The summed E-state index contributed by atoms with van der Waals surface area (Å²) in [5.41, 5.74) is -0.830. The van der Waals surface area contributed by atoms with Crippen LogP contribution in [0.2, 0.25) is 0 Å². The number of hydrogen-bond acceptors (Lipinski definition) is 5. The number of benzene rings is 2. The van der Waals surface area contributed by atoms with Crippen LogP contribution in [-0.2, 0) is 10.0 Å². The number of alkyl halides is 2. The average Bonchev–Trinajstić information content (AvgIpc) is 3.07. The van der Waals surface area contributed by atoms with Crippen molar-refractivity contribution in [2.75, 3.05) is 0 Å². The van der Waals surface area contributed by atoms with Crippen LogP contribution >= 0.6 is 0 Å². The Kier molecular flexibility index (Phi) is 4.74. The van der Waals surface area contributed by atoms with Gasteiger partial charge in [0.1, 0.15) is 5.82 Å². The number of nitrogens with one attached hydrogen (secondary N) is 3. The number of H-pyrrole nitrogens is 2.